The smallest absolute Gasteiger partial charge is 0.124 e. The minimum Gasteiger partial charge on any atom is -0.507 e. The SMILES string of the molecule is NC1=CC=C(c2ccccc2O)N(Cc2ccccc2)N1. The highest BCUT2D eigenvalue weighted by atomic mass is 16.3. The number of benzene rings is 2. The van der Waals surface area contributed by atoms with Gasteiger partial charge in [0, 0.05) is 5.56 Å². The molecule has 1 aliphatic rings. The molecule has 0 atom stereocenters. The van der Waals surface area contributed by atoms with Gasteiger partial charge in [0.2, 0.25) is 0 Å². The lowest BCUT2D eigenvalue weighted by Gasteiger charge is -2.31. The number of hydrazine groups is 1. The number of phenolic OH excluding ortho intramolecular Hbond substituents is 1. The second-order valence-electron chi connectivity index (χ2n) is 4.87. The van der Waals surface area contributed by atoms with E-state index in [4.69, 9.17) is 5.73 Å². The van der Waals surface area contributed by atoms with Crippen molar-refractivity contribution in [1.82, 2.24) is 10.4 Å². The average Bonchev–Trinajstić information content (AvgIpc) is 2.50. The zero-order valence-electron chi connectivity index (χ0n) is 11.5. The number of para-hydroxylation sites is 1. The molecular formula is C17H17N3O. The molecule has 0 unspecified atom stereocenters. The van der Waals surface area contributed by atoms with E-state index in [1.165, 1.54) is 0 Å². The number of hydrogen-bond acceptors (Lipinski definition) is 4. The number of allylic oxidation sites excluding steroid dienone is 2. The van der Waals surface area contributed by atoms with Crippen LogP contribution in [-0.2, 0) is 6.54 Å². The van der Waals surface area contributed by atoms with Crippen LogP contribution in [0.4, 0.5) is 0 Å². The van der Waals surface area contributed by atoms with E-state index < -0.39 is 0 Å². The molecule has 1 aliphatic heterocycles. The van der Waals surface area contributed by atoms with Crippen LogP contribution in [-0.4, -0.2) is 10.1 Å². The fourth-order valence-electron chi connectivity index (χ4n) is 2.33. The van der Waals surface area contributed by atoms with Crippen molar-refractivity contribution < 1.29 is 5.11 Å². The van der Waals surface area contributed by atoms with Crippen LogP contribution in [0.3, 0.4) is 0 Å². The maximum atomic E-state index is 10.1. The average molecular weight is 279 g/mol. The number of nitrogens with two attached hydrogens (primary N) is 1. The van der Waals surface area contributed by atoms with Gasteiger partial charge >= 0.3 is 0 Å². The van der Waals surface area contributed by atoms with Gasteiger partial charge in [0.15, 0.2) is 0 Å². The lowest BCUT2D eigenvalue weighted by molar-refractivity contribution is 0.308. The Morgan fingerprint density at radius 2 is 1.67 bits per heavy atom. The molecule has 0 saturated heterocycles. The van der Waals surface area contributed by atoms with Crippen molar-refractivity contribution in [1.29, 1.82) is 0 Å². The third-order valence-electron chi connectivity index (χ3n) is 3.34. The lowest BCUT2D eigenvalue weighted by Crippen LogP contribution is -2.39. The van der Waals surface area contributed by atoms with E-state index >= 15 is 0 Å². The molecule has 0 fully saturated rings. The molecule has 106 valence electrons. The molecule has 0 amide bonds. The molecule has 0 radical (unpaired) electrons. The van der Waals surface area contributed by atoms with Crippen LogP contribution in [0.5, 0.6) is 5.75 Å². The van der Waals surface area contributed by atoms with Crippen LogP contribution in [0, 0.1) is 0 Å². The van der Waals surface area contributed by atoms with E-state index in [-0.39, 0.29) is 5.75 Å². The van der Waals surface area contributed by atoms with E-state index in [0.717, 1.165) is 16.8 Å². The summed E-state index contributed by atoms with van der Waals surface area (Å²) in [5.74, 6) is 0.822. The summed E-state index contributed by atoms with van der Waals surface area (Å²) in [6.07, 6.45) is 3.70. The van der Waals surface area contributed by atoms with Crippen LogP contribution >= 0.6 is 0 Å². The molecule has 3 rings (SSSR count). The second-order valence-corrected chi connectivity index (χ2v) is 4.87. The maximum Gasteiger partial charge on any atom is 0.124 e. The van der Waals surface area contributed by atoms with Crippen LogP contribution in [0.2, 0.25) is 0 Å². The minimum absolute atomic E-state index is 0.248. The maximum absolute atomic E-state index is 10.1. The summed E-state index contributed by atoms with van der Waals surface area (Å²) < 4.78 is 0. The monoisotopic (exact) mass is 279 g/mol. The number of aromatic hydroxyl groups is 1. The summed E-state index contributed by atoms with van der Waals surface area (Å²) in [5, 5.41) is 12.0. The van der Waals surface area contributed by atoms with E-state index in [1.807, 2.05) is 41.4 Å². The molecule has 0 aromatic heterocycles. The van der Waals surface area contributed by atoms with Crippen molar-refractivity contribution in [3.05, 3.63) is 83.7 Å². The minimum atomic E-state index is 0.248. The molecule has 0 spiro atoms. The number of nitrogens with one attached hydrogen (secondary N) is 1. The van der Waals surface area contributed by atoms with Crippen molar-refractivity contribution in [2.45, 2.75) is 6.54 Å². The number of phenols is 1. The normalized spacial score (nSPS) is 14.2. The third kappa shape index (κ3) is 2.84. The summed E-state index contributed by atoms with van der Waals surface area (Å²) >= 11 is 0. The van der Waals surface area contributed by atoms with Gasteiger partial charge in [-0.3, -0.25) is 10.4 Å². The largest absolute Gasteiger partial charge is 0.507 e. The zero-order chi connectivity index (χ0) is 14.7. The van der Waals surface area contributed by atoms with Crippen LogP contribution < -0.4 is 11.2 Å². The van der Waals surface area contributed by atoms with E-state index in [2.05, 4.69) is 17.6 Å². The van der Waals surface area contributed by atoms with Gasteiger partial charge < -0.3 is 10.8 Å². The fourth-order valence-corrected chi connectivity index (χ4v) is 2.33. The van der Waals surface area contributed by atoms with E-state index in [1.54, 1.807) is 18.2 Å². The molecule has 21 heavy (non-hydrogen) atoms. The summed E-state index contributed by atoms with van der Waals surface area (Å²) in [6.45, 7) is 0.648. The molecule has 4 heteroatoms. The quantitative estimate of drug-likeness (QED) is 0.808. The van der Waals surface area contributed by atoms with Crippen LogP contribution in [0.15, 0.2) is 72.6 Å². The second kappa shape index (κ2) is 5.63. The zero-order valence-corrected chi connectivity index (χ0v) is 11.5. The fraction of sp³-hybridized carbons (Fsp3) is 0.0588. The Labute approximate surface area is 123 Å². The van der Waals surface area contributed by atoms with Crippen molar-refractivity contribution in [3.63, 3.8) is 0 Å². The standard InChI is InChI=1S/C17H17N3O/c18-17-11-10-15(14-8-4-5-9-16(14)21)20(19-17)12-13-6-2-1-3-7-13/h1-11,19,21H,12,18H2. The Morgan fingerprint density at radius 1 is 0.952 bits per heavy atom. The highest BCUT2D eigenvalue weighted by molar-refractivity contribution is 5.71. The number of hydrogen-bond donors (Lipinski definition) is 3. The molecular weight excluding hydrogens is 262 g/mol. The lowest BCUT2D eigenvalue weighted by atomic mass is 10.1. The summed E-state index contributed by atoms with van der Waals surface area (Å²) in [5.41, 5.74) is 11.8. The van der Waals surface area contributed by atoms with Crippen molar-refractivity contribution in [2.24, 2.45) is 5.73 Å². The predicted octanol–water partition coefficient (Wildman–Crippen LogP) is 2.55. The Balaban J connectivity index is 1.94. The van der Waals surface area contributed by atoms with Gasteiger partial charge in [-0.15, -0.1) is 0 Å². The van der Waals surface area contributed by atoms with E-state index in [0.29, 0.717) is 12.4 Å². The first kappa shape index (κ1) is 13.1. The van der Waals surface area contributed by atoms with Gasteiger partial charge in [-0.05, 0) is 29.8 Å². The molecule has 4 nitrogen and oxygen atoms in total. The van der Waals surface area contributed by atoms with Crippen molar-refractivity contribution in [2.75, 3.05) is 0 Å². The molecule has 0 aliphatic carbocycles. The Hall–Kier alpha value is -2.88. The first-order chi connectivity index (χ1) is 10.2. The van der Waals surface area contributed by atoms with Gasteiger partial charge in [-0.2, -0.15) is 0 Å². The first-order valence-corrected chi connectivity index (χ1v) is 6.78. The Morgan fingerprint density at radius 3 is 2.43 bits per heavy atom. The highest BCUT2D eigenvalue weighted by Gasteiger charge is 2.17. The topological polar surface area (TPSA) is 61.5 Å². The summed E-state index contributed by atoms with van der Waals surface area (Å²) in [6, 6.07) is 17.4. The molecule has 1 heterocycles. The Bertz CT molecular complexity index is 692. The van der Waals surface area contributed by atoms with Gasteiger partial charge in [0.25, 0.3) is 0 Å². The molecule has 2 aromatic carbocycles. The summed E-state index contributed by atoms with van der Waals surface area (Å²) in [7, 11) is 0. The van der Waals surface area contributed by atoms with E-state index in [9.17, 15) is 5.11 Å². The van der Waals surface area contributed by atoms with Gasteiger partial charge in [-0.1, -0.05) is 42.5 Å². The van der Waals surface area contributed by atoms with Crippen molar-refractivity contribution >= 4 is 5.70 Å². The number of nitrogens with zero attached hydrogens (tertiary/aromatic N) is 1. The van der Waals surface area contributed by atoms with Crippen LogP contribution in [0.1, 0.15) is 11.1 Å². The molecule has 4 N–H and O–H groups in total. The summed E-state index contributed by atoms with van der Waals surface area (Å²) in [4.78, 5) is 0. The van der Waals surface area contributed by atoms with Gasteiger partial charge in [0.1, 0.15) is 11.6 Å². The number of rotatable bonds is 3. The third-order valence-corrected chi connectivity index (χ3v) is 3.34. The van der Waals surface area contributed by atoms with Gasteiger partial charge in [0.05, 0.1) is 12.2 Å². The first-order valence-electron chi connectivity index (χ1n) is 6.78. The molecule has 0 saturated carbocycles. The van der Waals surface area contributed by atoms with Crippen LogP contribution in [0.25, 0.3) is 5.70 Å². The predicted molar refractivity (Wildman–Crippen MR) is 83.5 cm³/mol. The molecule has 2 aromatic rings. The van der Waals surface area contributed by atoms with Crippen molar-refractivity contribution in [3.8, 4) is 5.75 Å². The van der Waals surface area contributed by atoms with Gasteiger partial charge in [-0.25, -0.2) is 0 Å². The highest BCUT2D eigenvalue weighted by Crippen LogP contribution is 2.29. The molecule has 0 bridgehead atoms. The Kier molecular flexibility index (Phi) is 3.51.